The van der Waals surface area contributed by atoms with Crippen molar-refractivity contribution in [3.05, 3.63) is 62.3 Å². The van der Waals surface area contributed by atoms with E-state index in [0.717, 1.165) is 10.0 Å². The number of halogens is 3. The van der Waals surface area contributed by atoms with Crippen LogP contribution in [0.4, 0.5) is 0 Å². The fourth-order valence-corrected chi connectivity index (χ4v) is 2.40. The van der Waals surface area contributed by atoms with Crippen molar-refractivity contribution in [2.45, 2.75) is 12.5 Å². The molecule has 0 fully saturated rings. The average Bonchev–Trinajstić information content (AvgIpc) is 2.34. The molecule has 0 saturated carbocycles. The van der Waals surface area contributed by atoms with E-state index < -0.39 is 6.10 Å². The van der Waals surface area contributed by atoms with E-state index in [1.165, 1.54) is 0 Å². The number of aromatic nitrogens is 1. The Labute approximate surface area is 124 Å². The van der Waals surface area contributed by atoms with Crippen LogP contribution in [-0.4, -0.2) is 10.1 Å². The molecule has 2 rings (SSSR count). The van der Waals surface area contributed by atoms with Crippen molar-refractivity contribution in [2.24, 2.45) is 0 Å². The van der Waals surface area contributed by atoms with E-state index in [4.69, 9.17) is 23.2 Å². The minimum Gasteiger partial charge on any atom is -0.386 e. The zero-order valence-corrected chi connectivity index (χ0v) is 12.4. The highest BCUT2D eigenvalue weighted by Crippen LogP contribution is 2.28. The maximum atomic E-state index is 10.1. The van der Waals surface area contributed by atoms with Gasteiger partial charge in [-0.2, -0.15) is 0 Å². The van der Waals surface area contributed by atoms with Crippen LogP contribution in [0.3, 0.4) is 0 Å². The lowest BCUT2D eigenvalue weighted by Crippen LogP contribution is -2.04. The predicted octanol–water partition coefficient (Wildman–Crippen LogP) is 4.43. The molecule has 0 aliphatic heterocycles. The Bertz CT molecular complexity index is 525. The number of nitrogens with zero attached hydrogens (tertiary/aromatic N) is 1. The Morgan fingerprint density at radius 1 is 1.17 bits per heavy atom. The van der Waals surface area contributed by atoms with Crippen molar-refractivity contribution in [2.75, 3.05) is 0 Å². The van der Waals surface area contributed by atoms with Gasteiger partial charge in [-0.15, -0.1) is 0 Å². The molecule has 18 heavy (non-hydrogen) atoms. The largest absolute Gasteiger partial charge is 0.386 e. The third-order valence-corrected chi connectivity index (χ3v) is 3.73. The predicted molar refractivity (Wildman–Crippen MR) is 77.1 cm³/mol. The molecule has 1 unspecified atom stereocenters. The van der Waals surface area contributed by atoms with E-state index in [1.54, 1.807) is 30.5 Å². The van der Waals surface area contributed by atoms with Crippen molar-refractivity contribution < 1.29 is 5.11 Å². The molecular formula is C13H10BrCl2NO. The zero-order chi connectivity index (χ0) is 13.1. The summed E-state index contributed by atoms with van der Waals surface area (Å²) in [6, 6.07) is 8.88. The Morgan fingerprint density at radius 2 is 1.83 bits per heavy atom. The van der Waals surface area contributed by atoms with Crippen LogP contribution >= 0.6 is 39.1 Å². The average molecular weight is 347 g/mol. The second kappa shape index (κ2) is 6.02. The van der Waals surface area contributed by atoms with Crippen molar-refractivity contribution in [1.29, 1.82) is 0 Å². The van der Waals surface area contributed by atoms with Crippen LogP contribution in [0.1, 0.15) is 17.4 Å². The maximum absolute atomic E-state index is 10.1. The molecule has 1 aromatic carbocycles. The van der Waals surface area contributed by atoms with Gasteiger partial charge >= 0.3 is 0 Å². The topological polar surface area (TPSA) is 33.1 Å². The normalized spacial score (nSPS) is 12.4. The molecule has 0 bridgehead atoms. The lowest BCUT2D eigenvalue weighted by atomic mass is 10.1. The van der Waals surface area contributed by atoms with E-state index >= 15 is 0 Å². The molecule has 2 aromatic rings. The Kier molecular flexibility index (Phi) is 4.62. The monoisotopic (exact) mass is 345 g/mol. The molecular weight excluding hydrogens is 337 g/mol. The molecule has 0 aliphatic carbocycles. The van der Waals surface area contributed by atoms with Crippen molar-refractivity contribution in [3.63, 3.8) is 0 Å². The number of benzene rings is 1. The van der Waals surface area contributed by atoms with Crippen molar-refractivity contribution >= 4 is 39.1 Å². The van der Waals surface area contributed by atoms with Crippen molar-refractivity contribution in [1.82, 2.24) is 4.98 Å². The highest BCUT2D eigenvalue weighted by Gasteiger charge is 2.14. The van der Waals surface area contributed by atoms with Gasteiger partial charge in [-0.25, -0.2) is 0 Å². The number of hydrogen-bond acceptors (Lipinski definition) is 2. The molecule has 0 amide bonds. The van der Waals surface area contributed by atoms with Crippen LogP contribution in [0.15, 0.2) is 41.0 Å². The van der Waals surface area contributed by atoms with Crippen LogP contribution in [0.25, 0.3) is 0 Å². The summed E-state index contributed by atoms with van der Waals surface area (Å²) in [5, 5.41) is 11.2. The third kappa shape index (κ3) is 3.23. The highest BCUT2D eigenvalue weighted by molar-refractivity contribution is 9.10. The first-order chi connectivity index (χ1) is 8.58. The summed E-state index contributed by atoms with van der Waals surface area (Å²) in [5.74, 6) is 0. The van der Waals surface area contributed by atoms with Gasteiger partial charge in [-0.1, -0.05) is 29.3 Å². The number of aliphatic hydroxyl groups is 1. The quantitative estimate of drug-likeness (QED) is 0.891. The summed E-state index contributed by atoms with van der Waals surface area (Å²) in [6.07, 6.45) is 1.26. The molecule has 94 valence electrons. The zero-order valence-electron chi connectivity index (χ0n) is 9.28. The first-order valence-corrected chi connectivity index (χ1v) is 6.85. The van der Waals surface area contributed by atoms with E-state index in [0.29, 0.717) is 22.2 Å². The van der Waals surface area contributed by atoms with Gasteiger partial charge in [-0.05, 0) is 45.8 Å². The van der Waals surface area contributed by atoms with E-state index in [1.807, 2.05) is 6.07 Å². The lowest BCUT2D eigenvalue weighted by Gasteiger charge is -2.12. The third-order valence-electron chi connectivity index (χ3n) is 2.55. The fourth-order valence-electron chi connectivity index (χ4n) is 1.61. The van der Waals surface area contributed by atoms with Gasteiger partial charge < -0.3 is 5.11 Å². The molecule has 5 heteroatoms. The second-order valence-corrected chi connectivity index (χ2v) is 5.55. The minimum atomic E-state index is -0.726. The molecule has 1 heterocycles. The summed E-state index contributed by atoms with van der Waals surface area (Å²) in [4.78, 5) is 4.15. The first kappa shape index (κ1) is 13.8. The summed E-state index contributed by atoms with van der Waals surface area (Å²) in [6.45, 7) is 0. The van der Waals surface area contributed by atoms with E-state index in [2.05, 4.69) is 20.9 Å². The van der Waals surface area contributed by atoms with Gasteiger partial charge in [0.15, 0.2) is 0 Å². The Balaban J connectivity index is 2.21. The number of hydrogen-bond donors (Lipinski definition) is 1. The van der Waals surface area contributed by atoms with Crippen molar-refractivity contribution in [3.8, 4) is 0 Å². The van der Waals surface area contributed by atoms with Gasteiger partial charge in [0.2, 0.25) is 0 Å². The lowest BCUT2D eigenvalue weighted by molar-refractivity contribution is 0.173. The number of aliphatic hydroxyl groups excluding tert-OH is 1. The minimum absolute atomic E-state index is 0.340. The van der Waals surface area contributed by atoms with Crippen LogP contribution in [0.5, 0.6) is 0 Å². The summed E-state index contributed by atoms with van der Waals surface area (Å²) in [5.41, 5.74) is 1.33. The summed E-state index contributed by atoms with van der Waals surface area (Å²) in [7, 11) is 0. The van der Waals surface area contributed by atoms with Gasteiger partial charge in [0.1, 0.15) is 6.10 Å². The molecule has 1 N–H and O–H groups in total. The molecule has 0 aliphatic rings. The Hall–Kier alpha value is -0.610. The maximum Gasteiger partial charge on any atom is 0.100 e. The van der Waals surface area contributed by atoms with E-state index in [9.17, 15) is 5.11 Å². The van der Waals surface area contributed by atoms with Gasteiger partial charge in [-0.3, -0.25) is 4.98 Å². The van der Waals surface area contributed by atoms with Gasteiger partial charge in [0.25, 0.3) is 0 Å². The fraction of sp³-hybridized carbons (Fsp3) is 0.154. The highest BCUT2D eigenvalue weighted by atomic mass is 79.9. The van der Waals surface area contributed by atoms with Crippen LogP contribution in [0.2, 0.25) is 10.0 Å². The molecule has 1 aromatic heterocycles. The smallest absolute Gasteiger partial charge is 0.100 e. The van der Waals surface area contributed by atoms with E-state index in [-0.39, 0.29) is 0 Å². The van der Waals surface area contributed by atoms with Gasteiger partial charge in [0, 0.05) is 27.1 Å². The number of rotatable bonds is 3. The van der Waals surface area contributed by atoms with Crippen LogP contribution < -0.4 is 0 Å². The van der Waals surface area contributed by atoms with Crippen LogP contribution in [-0.2, 0) is 6.42 Å². The van der Waals surface area contributed by atoms with Crippen LogP contribution in [0, 0.1) is 0 Å². The summed E-state index contributed by atoms with van der Waals surface area (Å²) >= 11 is 15.4. The standard InChI is InChI=1S/C13H10BrCl2NO/c14-8-4-5-12(17-7-8)13(18)6-9-10(15)2-1-3-11(9)16/h1-5,7,13,18H,6H2. The second-order valence-electron chi connectivity index (χ2n) is 3.82. The molecule has 0 radical (unpaired) electrons. The summed E-state index contributed by atoms with van der Waals surface area (Å²) < 4.78 is 0.870. The Morgan fingerprint density at radius 3 is 2.39 bits per heavy atom. The number of pyridine rings is 1. The molecule has 0 saturated heterocycles. The SMILES string of the molecule is OC(Cc1c(Cl)cccc1Cl)c1ccc(Br)cn1. The molecule has 1 atom stereocenters. The molecule has 0 spiro atoms. The first-order valence-electron chi connectivity index (χ1n) is 5.30. The van der Waals surface area contributed by atoms with Gasteiger partial charge in [0.05, 0.1) is 5.69 Å². The molecule has 2 nitrogen and oxygen atoms in total.